The van der Waals surface area contributed by atoms with E-state index in [2.05, 4.69) is 4.98 Å². The number of alkyl halides is 2. The lowest BCUT2D eigenvalue weighted by Crippen LogP contribution is -2.10. The number of halogens is 3. The number of carboxylic acids is 1. The van der Waals surface area contributed by atoms with Crippen LogP contribution in [0.4, 0.5) is 13.2 Å². The number of pyridine rings is 1. The fourth-order valence-corrected chi connectivity index (χ4v) is 0.959. The van der Waals surface area contributed by atoms with Gasteiger partial charge >= 0.3 is 5.97 Å². The van der Waals surface area contributed by atoms with E-state index in [4.69, 9.17) is 10.4 Å². The Bertz CT molecular complexity index is 454. The molecule has 0 radical (unpaired) electrons. The Labute approximate surface area is 81.6 Å². The summed E-state index contributed by atoms with van der Waals surface area (Å²) in [5.41, 5.74) is -3.03. The number of rotatable bonds is 2. The molecule has 0 unspecified atom stereocenters. The fourth-order valence-electron chi connectivity index (χ4n) is 0.959. The van der Waals surface area contributed by atoms with Crippen LogP contribution in [0.15, 0.2) is 6.07 Å². The van der Waals surface area contributed by atoms with Gasteiger partial charge in [-0.2, -0.15) is 5.26 Å². The predicted octanol–water partition coefficient (Wildman–Crippen LogP) is 1.73. The van der Waals surface area contributed by atoms with Crippen molar-refractivity contribution in [1.29, 1.82) is 5.26 Å². The van der Waals surface area contributed by atoms with Gasteiger partial charge in [-0.05, 0) is 0 Å². The smallest absolute Gasteiger partial charge is 0.340 e. The second-order valence-corrected chi connectivity index (χ2v) is 2.47. The van der Waals surface area contributed by atoms with E-state index in [-0.39, 0.29) is 0 Å². The third kappa shape index (κ3) is 2.04. The van der Waals surface area contributed by atoms with E-state index in [9.17, 15) is 18.0 Å². The first-order valence-electron chi connectivity index (χ1n) is 3.59. The standard InChI is InChI=1S/C8H3F3N2O2/c9-4-1-3(2-12)13-6(7(10)11)5(4)8(14)15/h1,7H,(H,14,15). The molecule has 0 saturated heterocycles. The third-order valence-electron chi connectivity index (χ3n) is 1.53. The van der Waals surface area contributed by atoms with Gasteiger partial charge in [0.25, 0.3) is 6.43 Å². The molecule has 1 aromatic heterocycles. The summed E-state index contributed by atoms with van der Waals surface area (Å²) < 4.78 is 37.6. The summed E-state index contributed by atoms with van der Waals surface area (Å²) in [5, 5.41) is 16.8. The van der Waals surface area contributed by atoms with Gasteiger partial charge in [-0.25, -0.2) is 22.9 Å². The largest absolute Gasteiger partial charge is 0.478 e. The van der Waals surface area contributed by atoms with Gasteiger partial charge in [0.05, 0.1) is 0 Å². The molecule has 78 valence electrons. The molecule has 4 nitrogen and oxygen atoms in total. The average Bonchev–Trinajstić information content (AvgIpc) is 2.15. The minimum atomic E-state index is -3.25. The lowest BCUT2D eigenvalue weighted by atomic mass is 10.1. The summed E-state index contributed by atoms with van der Waals surface area (Å²) in [4.78, 5) is 13.5. The van der Waals surface area contributed by atoms with E-state index >= 15 is 0 Å². The molecule has 0 aliphatic rings. The highest BCUT2D eigenvalue weighted by Gasteiger charge is 2.24. The molecule has 0 aromatic carbocycles. The predicted molar refractivity (Wildman–Crippen MR) is 40.8 cm³/mol. The number of nitrogens with zero attached hydrogens (tertiary/aromatic N) is 2. The highest BCUT2D eigenvalue weighted by Crippen LogP contribution is 2.23. The Hall–Kier alpha value is -2.10. The number of carbonyl (C=O) groups is 1. The van der Waals surface area contributed by atoms with Gasteiger partial charge in [0.15, 0.2) is 0 Å². The van der Waals surface area contributed by atoms with Crippen molar-refractivity contribution in [2.45, 2.75) is 6.43 Å². The molecule has 7 heteroatoms. The van der Waals surface area contributed by atoms with Crippen LogP contribution in [0.2, 0.25) is 0 Å². The van der Waals surface area contributed by atoms with Crippen LogP contribution in [0, 0.1) is 17.1 Å². The van der Waals surface area contributed by atoms with Crippen LogP contribution in [-0.4, -0.2) is 16.1 Å². The number of aromatic nitrogens is 1. The molecule has 0 aliphatic heterocycles. The van der Waals surface area contributed by atoms with E-state index in [1.165, 1.54) is 6.07 Å². The summed E-state index contributed by atoms with van der Waals surface area (Å²) >= 11 is 0. The first kappa shape index (κ1) is 11.0. The number of nitriles is 1. The Morgan fingerprint density at radius 1 is 1.60 bits per heavy atom. The summed E-state index contributed by atoms with van der Waals surface area (Å²) in [7, 11) is 0. The average molecular weight is 216 g/mol. The quantitative estimate of drug-likeness (QED) is 0.816. The highest BCUT2D eigenvalue weighted by molar-refractivity contribution is 5.89. The van der Waals surface area contributed by atoms with Crippen molar-refractivity contribution in [3.05, 3.63) is 28.8 Å². The molecular weight excluding hydrogens is 213 g/mol. The molecule has 0 spiro atoms. The first-order chi connectivity index (χ1) is 6.97. The monoisotopic (exact) mass is 216 g/mol. The molecular formula is C8H3F3N2O2. The van der Waals surface area contributed by atoms with Gasteiger partial charge < -0.3 is 5.11 Å². The second-order valence-electron chi connectivity index (χ2n) is 2.47. The van der Waals surface area contributed by atoms with Crippen molar-refractivity contribution < 1.29 is 23.1 Å². The van der Waals surface area contributed by atoms with E-state index in [0.29, 0.717) is 6.07 Å². The molecule has 0 fully saturated rings. The number of hydrogen-bond acceptors (Lipinski definition) is 3. The molecule has 15 heavy (non-hydrogen) atoms. The van der Waals surface area contributed by atoms with Crippen LogP contribution in [0.5, 0.6) is 0 Å². The minimum absolute atomic E-state index is 0.495. The number of carboxylic acid groups (broad SMARTS) is 1. The van der Waals surface area contributed by atoms with Crippen molar-refractivity contribution in [3.8, 4) is 6.07 Å². The Kier molecular flexibility index (Phi) is 2.90. The zero-order chi connectivity index (χ0) is 11.6. The van der Waals surface area contributed by atoms with Gasteiger partial charge in [-0.3, -0.25) is 0 Å². The van der Waals surface area contributed by atoms with Crippen molar-refractivity contribution in [2.75, 3.05) is 0 Å². The molecule has 0 amide bonds. The molecule has 0 aliphatic carbocycles. The summed E-state index contributed by atoms with van der Waals surface area (Å²) in [5.74, 6) is -3.25. The van der Waals surface area contributed by atoms with E-state index in [0.717, 1.165) is 0 Å². The Balaban J connectivity index is 3.51. The molecule has 0 bridgehead atoms. The van der Waals surface area contributed by atoms with Gasteiger partial charge in [-0.15, -0.1) is 0 Å². The molecule has 0 atom stereocenters. The summed E-state index contributed by atoms with van der Waals surface area (Å²) in [6.07, 6.45) is -3.25. The molecule has 1 N–H and O–H groups in total. The minimum Gasteiger partial charge on any atom is -0.478 e. The zero-order valence-electron chi connectivity index (χ0n) is 7.04. The third-order valence-corrected chi connectivity index (χ3v) is 1.53. The lowest BCUT2D eigenvalue weighted by molar-refractivity contribution is 0.0676. The maximum absolute atomic E-state index is 13.0. The van der Waals surface area contributed by atoms with Crippen LogP contribution < -0.4 is 0 Å². The summed E-state index contributed by atoms with van der Waals surface area (Å²) in [6, 6.07) is 1.85. The maximum Gasteiger partial charge on any atom is 0.340 e. The van der Waals surface area contributed by atoms with Crippen LogP contribution in [0.25, 0.3) is 0 Å². The Morgan fingerprint density at radius 3 is 2.60 bits per heavy atom. The second kappa shape index (κ2) is 3.96. The highest BCUT2D eigenvalue weighted by atomic mass is 19.3. The Morgan fingerprint density at radius 2 is 2.20 bits per heavy atom. The van der Waals surface area contributed by atoms with Crippen molar-refractivity contribution in [3.63, 3.8) is 0 Å². The zero-order valence-corrected chi connectivity index (χ0v) is 7.04. The van der Waals surface area contributed by atoms with Crippen LogP contribution >= 0.6 is 0 Å². The lowest BCUT2D eigenvalue weighted by Gasteiger charge is -2.05. The van der Waals surface area contributed by atoms with E-state index < -0.39 is 35.2 Å². The molecule has 1 heterocycles. The van der Waals surface area contributed by atoms with Gasteiger partial charge in [0, 0.05) is 6.07 Å². The number of hydrogen-bond donors (Lipinski definition) is 1. The van der Waals surface area contributed by atoms with Gasteiger partial charge in [0.2, 0.25) is 0 Å². The van der Waals surface area contributed by atoms with Crippen molar-refractivity contribution >= 4 is 5.97 Å². The fraction of sp³-hybridized carbons (Fsp3) is 0.125. The normalized spacial score (nSPS) is 10.1. The van der Waals surface area contributed by atoms with Gasteiger partial charge in [-0.1, -0.05) is 0 Å². The molecule has 1 rings (SSSR count). The maximum atomic E-state index is 13.0. The first-order valence-corrected chi connectivity index (χ1v) is 3.59. The van der Waals surface area contributed by atoms with E-state index in [1.54, 1.807) is 0 Å². The SMILES string of the molecule is N#Cc1cc(F)c(C(=O)O)c(C(F)F)n1. The van der Waals surface area contributed by atoms with Crippen LogP contribution in [0.3, 0.4) is 0 Å². The summed E-state index contributed by atoms with van der Waals surface area (Å²) in [6.45, 7) is 0. The van der Waals surface area contributed by atoms with Crippen molar-refractivity contribution in [2.24, 2.45) is 0 Å². The number of aromatic carboxylic acids is 1. The van der Waals surface area contributed by atoms with E-state index in [1.807, 2.05) is 0 Å². The van der Waals surface area contributed by atoms with Crippen molar-refractivity contribution in [1.82, 2.24) is 4.98 Å². The van der Waals surface area contributed by atoms with Crippen LogP contribution in [0.1, 0.15) is 28.2 Å². The molecule has 1 aromatic rings. The topological polar surface area (TPSA) is 74.0 Å². The molecule has 0 saturated carbocycles. The van der Waals surface area contributed by atoms with Crippen LogP contribution in [-0.2, 0) is 0 Å². The van der Waals surface area contributed by atoms with Gasteiger partial charge in [0.1, 0.15) is 28.8 Å².